The van der Waals surface area contributed by atoms with E-state index in [9.17, 15) is 0 Å². The Hall–Kier alpha value is -1.08. The van der Waals surface area contributed by atoms with E-state index in [2.05, 4.69) is 50.3 Å². The summed E-state index contributed by atoms with van der Waals surface area (Å²) >= 11 is 0. The highest BCUT2D eigenvalue weighted by Gasteiger charge is 2.21. The Bertz CT molecular complexity index is 451. The number of unbranched alkanes of at least 4 members (excludes halogenated alkanes) is 2. The molecule has 0 unspecified atom stereocenters. The van der Waals surface area contributed by atoms with Crippen molar-refractivity contribution in [1.82, 2.24) is 0 Å². The van der Waals surface area contributed by atoms with Gasteiger partial charge in [0.25, 0.3) is 0 Å². The van der Waals surface area contributed by atoms with Crippen molar-refractivity contribution in [3.8, 4) is 0 Å². The van der Waals surface area contributed by atoms with Crippen LogP contribution in [0.3, 0.4) is 0 Å². The molecule has 134 valence electrons. The van der Waals surface area contributed by atoms with Crippen LogP contribution in [0.2, 0.25) is 0 Å². The van der Waals surface area contributed by atoms with Gasteiger partial charge in [-0.15, -0.1) is 0 Å². The second kappa shape index (κ2) is 11.5. The van der Waals surface area contributed by atoms with Crippen LogP contribution in [0.1, 0.15) is 88.7 Å². The van der Waals surface area contributed by atoms with Gasteiger partial charge < -0.3 is 4.74 Å². The van der Waals surface area contributed by atoms with Crippen molar-refractivity contribution in [3.63, 3.8) is 0 Å². The minimum absolute atomic E-state index is 0.766. The second-order valence-corrected chi connectivity index (χ2v) is 7.37. The van der Waals surface area contributed by atoms with E-state index in [0.29, 0.717) is 0 Å². The molecule has 0 spiro atoms. The van der Waals surface area contributed by atoms with Gasteiger partial charge in [0, 0.05) is 6.61 Å². The quantitative estimate of drug-likeness (QED) is 0.331. The Labute approximate surface area is 149 Å². The topological polar surface area (TPSA) is 9.23 Å². The highest BCUT2D eigenvalue weighted by molar-refractivity contribution is 5.25. The normalized spacial score (nSPS) is 21.4. The highest BCUT2D eigenvalue weighted by Crippen LogP contribution is 2.37. The molecule has 0 N–H and O–H groups in total. The van der Waals surface area contributed by atoms with Crippen LogP contribution in [0, 0.1) is 5.92 Å². The minimum atomic E-state index is 0.766. The molecule has 1 aromatic rings. The monoisotopic (exact) mass is 328 g/mol. The zero-order valence-corrected chi connectivity index (χ0v) is 15.8. The fourth-order valence-electron chi connectivity index (χ4n) is 3.81. The van der Waals surface area contributed by atoms with Crippen molar-refractivity contribution in [2.24, 2.45) is 5.92 Å². The van der Waals surface area contributed by atoms with Gasteiger partial charge in [-0.1, -0.05) is 56.2 Å². The summed E-state index contributed by atoms with van der Waals surface area (Å²) in [5, 5.41) is 0. The van der Waals surface area contributed by atoms with Gasteiger partial charge in [0.15, 0.2) is 0 Å². The summed E-state index contributed by atoms with van der Waals surface area (Å²) in [7, 11) is 0. The van der Waals surface area contributed by atoms with E-state index in [1.54, 1.807) is 0 Å². The smallest absolute Gasteiger partial charge is 0.0716 e. The van der Waals surface area contributed by atoms with Crippen molar-refractivity contribution in [2.45, 2.75) is 84.2 Å². The van der Waals surface area contributed by atoms with Crippen LogP contribution in [-0.4, -0.2) is 6.61 Å². The summed E-state index contributed by atoms with van der Waals surface area (Å²) in [5.74, 6) is 1.73. The van der Waals surface area contributed by atoms with Gasteiger partial charge in [-0.05, 0) is 74.8 Å². The molecule has 0 heterocycles. The predicted molar refractivity (Wildman–Crippen MR) is 104 cm³/mol. The maximum Gasteiger partial charge on any atom is 0.0716 e. The summed E-state index contributed by atoms with van der Waals surface area (Å²) in [6.45, 7) is 6.01. The molecule has 2 rings (SSSR count). The standard InChI is InChI=1S/C23H36O/c1-3-5-7-9-20-10-14-22(15-11-20)23-16-12-21(13-17-23)19-24-18-8-6-4-2/h3,5,12-13,16-17,20,22H,4,6-11,14-15,18-19H2,1-2H3/b5-3+. The molecular formula is C23H36O. The minimum Gasteiger partial charge on any atom is -0.377 e. The predicted octanol–water partition coefficient (Wildman–Crippen LogP) is 7.02. The molecule has 0 saturated heterocycles. The first-order chi connectivity index (χ1) is 11.8. The Morgan fingerprint density at radius 3 is 2.46 bits per heavy atom. The van der Waals surface area contributed by atoms with Crippen LogP contribution in [0.25, 0.3) is 0 Å². The van der Waals surface area contributed by atoms with Crippen molar-refractivity contribution in [3.05, 3.63) is 47.5 Å². The van der Waals surface area contributed by atoms with Crippen LogP contribution in [0.15, 0.2) is 36.4 Å². The first-order valence-corrected chi connectivity index (χ1v) is 10.1. The Morgan fingerprint density at radius 2 is 1.79 bits per heavy atom. The van der Waals surface area contributed by atoms with Gasteiger partial charge >= 0.3 is 0 Å². The average Bonchev–Trinajstić information content (AvgIpc) is 2.63. The fourth-order valence-corrected chi connectivity index (χ4v) is 3.81. The van der Waals surface area contributed by atoms with E-state index in [0.717, 1.165) is 25.0 Å². The van der Waals surface area contributed by atoms with E-state index in [-0.39, 0.29) is 0 Å². The zero-order chi connectivity index (χ0) is 17.0. The third kappa shape index (κ3) is 6.81. The molecule has 0 radical (unpaired) electrons. The van der Waals surface area contributed by atoms with Crippen LogP contribution < -0.4 is 0 Å². The molecule has 1 saturated carbocycles. The van der Waals surface area contributed by atoms with Crippen LogP contribution in [0.4, 0.5) is 0 Å². The maximum absolute atomic E-state index is 5.76. The molecule has 0 bridgehead atoms. The van der Waals surface area contributed by atoms with Crippen molar-refractivity contribution < 1.29 is 4.74 Å². The molecule has 1 aromatic carbocycles. The second-order valence-electron chi connectivity index (χ2n) is 7.37. The molecule has 1 aliphatic rings. The highest BCUT2D eigenvalue weighted by atomic mass is 16.5. The molecule has 24 heavy (non-hydrogen) atoms. The molecule has 1 heteroatoms. The number of allylic oxidation sites excluding steroid dienone is 2. The Kier molecular flexibility index (Phi) is 9.20. The van der Waals surface area contributed by atoms with Crippen molar-refractivity contribution >= 4 is 0 Å². The molecule has 1 fully saturated rings. The average molecular weight is 329 g/mol. The van der Waals surface area contributed by atoms with E-state index in [1.165, 1.54) is 68.9 Å². The van der Waals surface area contributed by atoms with Gasteiger partial charge in [-0.25, -0.2) is 0 Å². The third-order valence-electron chi connectivity index (χ3n) is 5.44. The molecule has 1 nitrogen and oxygen atoms in total. The number of ether oxygens (including phenoxy) is 1. The van der Waals surface area contributed by atoms with E-state index in [4.69, 9.17) is 4.74 Å². The summed E-state index contributed by atoms with van der Waals surface area (Å²) in [6.07, 6.45) is 16.4. The molecule has 0 amide bonds. The van der Waals surface area contributed by atoms with Gasteiger partial charge in [0.05, 0.1) is 6.61 Å². The first-order valence-electron chi connectivity index (χ1n) is 10.1. The van der Waals surface area contributed by atoms with E-state index < -0.39 is 0 Å². The number of hydrogen-bond donors (Lipinski definition) is 0. The molecule has 1 aliphatic carbocycles. The Morgan fingerprint density at radius 1 is 1.04 bits per heavy atom. The maximum atomic E-state index is 5.76. The summed E-state index contributed by atoms with van der Waals surface area (Å²) in [6, 6.07) is 9.23. The largest absolute Gasteiger partial charge is 0.377 e. The van der Waals surface area contributed by atoms with Gasteiger partial charge in [0.1, 0.15) is 0 Å². The van der Waals surface area contributed by atoms with Gasteiger partial charge in [-0.3, -0.25) is 0 Å². The molecule has 0 atom stereocenters. The number of benzene rings is 1. The lowest BCUT2D eigenvalue weighted by atomic mass is 9.77. The molecule has 0 aromatic heterocycles. The fraction of sp³-hybridized carbons (Fsp3) is 0.652. The van der Waals surface area contributed by atoms with Crippen LogP contribution in [0.5, 0.6) is 0 Å². The van der Waals surface area contributed by atoms with Gasteiger partial charge in [-0.2, -0.15) is 0 Å². The lowest BCUT2D eigenvalue weighted by Crippen LogP contribution is -2.13. The molecule has 0 aliphatic heterocycles. The lowest BCUT2D eigenvalue weighted by Gasteiger charge is -2.28. The first kappa shape index (κ1) is 19.2. The summed E-state index contributed by atoms with van der Waals surface area (Å²) in [5.41, 5.74) is 2.85. The zero-order valence-electron chi connectivity index (χ0n) is 15.8. The van der Waals surface area contributed by atoms with Crippen molar-refractivity contribution in [1.29, 1.82) is 0 Å². The van der Waals surface area contributed by atoms with E-state index in [1.807, 2.05) is 0 Å². The van der Waals surface area contributed by atoms with Crippen LogP contribution >= 0.6 is 0 Å². The Balaban J connectivity index is 1.70. The number of rotatable bonds is 10. The van der Waals surface area contributed by atoms with E-state index >= 15 is 0 Å². The van der Waals surface area contributed by atoms with Crippen molar-refractivity contribution in [2.75, 3.05) is 6.61 Å². The summed E-state index contributed by atoms with van der Waals surface area (Å²) < 4.78 is 5.76. The SMILES string of the molecule is C/C=C/CCC1CCC(c2ccc(COCCCCC)cc2)CC1. The summed E-state index contributed by atoms with van der Waals surface area (Å²) in [4.78, 5) is 0. The van der Waals surface area contributed by atoms with Gasteiger partial charge in [0.2, 0.25) is 0 Å². The van der Waals surface area contributed by atoms with Crippen LogP contribution in [-0.2, 0) is 11.3 Å². The number of hydrogen-bond acceptors (Lipinski definition) is 1. The third-order valence-corrected chi connectivity index (χ3v) is 5.44. The lowest BCUT2D eigenvalue weighted by molar-refractivity contribution is 0.117. The molecular weight excluding hydrogens is 292 g/mol.